The van der Waals surface area contributed by atoms with Gasteiger partial charge in [-0.05, 0) is 125 Å². The van der Waals surface area contributed by atoms with Gasteiger partial charge in [-0.25, -0.2) is 19.2 Å². The molecule has 0 unspecified atom stereocenters. The van der Waals surface area contributed by atoms with E-state index in [0.717, 1.165) is 16.7 Å². The lowest BCUT2D eigenvalue weighted by Gasteiger charge is -2.25. The van der Waals surface area contributed by atoms with Gasteiger partial charge < -0.3 is 61.3 Å². The van der Waals surface area contributed by atoms with Crippen molar-refractivity contribution in [1.29, 1.82) is 0 Å². The number of nitrogens with one attached hydrogen (secondary N) is 7. The summed E-state index contributed by atoms with van der Waals surface area (Å²) in [5.74, 6) is 0.210. The third-order valence-electron chi connectivity index (χ3n) is 13.2. The molecule has 0 saturated heterocycles. The molecule has 1 aliphatic carbocycles. The fourth-order valence-electron chi connectivity index (χ4n) is 9.66. The number of amides is 7. The number of ether oxygens (including phenoxy) is 4. The van der Waals surface area contributed by atoms with Gasteiger partial charge in [0.2, 0.25) is 5.91 Å². The number of aliphatic carboxylic acids is 1. The van der Waals surface area contributed by atoms with E-state index in [0.29, 0.717) is 141 Å². The Morgan fingerprint density at radius 2 is 0.598 bits per heavy atom. The molecule has 0 heterocycles. The summed E-state index contributed by atoms with van der Waals surface area (Å²) in [6.07, 6.45) is 2.33. The van der Waals surface area contributed by atoms with Crippen molar-refractivity contribution in [2.45, 2.75) is 93.4 Å². The van der Waals surface area contributed by atoms with E-state index >= 15 is 0 Å². The summed E-state index contributed by atoms with van der Waals surface area (Å²) >= 11 is 0. The van der Waals surface area contributed by atoms with Crippen LogP contribution < -0.4 is 56.2 Å². The van der Waals surface area contributed by atoms with Crippen LogP contribution >= 0.6 is 0 Å². The minimum absolute atomic E-state index is 0.0486. The Kier molecular flexibility index (Phi) is 19.7. The Labute approximate surface area is 478 Å². The molecule has 8 N–H and O–H groups in total. The zero-order chi connectivity index (χ0) is 58.3. The van der Waals surface area contributed by atoms with Crippen LogP contribution in [-0.4, -0.2) is 61.5 Å². The van der Waals surface area contributed by atoms with Crippen LogP contribution in [0.15, 0.2) is 121 Å². The molecule has 0 aliphatic heterocycles. The lowest BCUT2D eigenvalue weighted by molar-refractivity contribution is -0.139. The molecule has 1 aliphatic rings. The topological polar surface area (TPSA) is 227 Å². The number of benzene rings is 7. The lowest BCUT2D eigenvalue weighted by atomic mass is 9.90. The quantitative estimate of drug-likeness (QED) is 0.0382. The number of carboxylic acid groups (broad SMARTS) is 1. The molecular weight excluding hydrogens is 1040 g/mol. The first-order valence-electron chi connectivity index (χ1n) is 27.6. The second kappa shape index (κ2) is 27.6. The van der Waals surface area contributed by atoms with Crippen LogP contribution in [0.3, 0.4) is 0 Å². The summed E-state index contributed by atoms with van der Waals surface area (Å²) in [7, 11) is 0. The van der Waals surface area contributed by atoms with Gasteiger partial charge in [-0.1, -0.05) is 73.9 Å². The van der Waals surface area contributed by atoms with Crippen LogP contribution in [0, 0.1) is 20.8 Å². The van der Waals surface area contributed by atoms with E-state index < -0.39 is 30.7 Å². The average molecular weight is 1110 g/mol. The molecule has 17 heteroatoms. The number of hydrogen-bond acceptors (Lipinski definition) is 9. The molecule has 0 radical (unpaired) electrons. The summed E-state index contributed by atoms with van der Waals surface area (Å²) < 4.78 is 26.7. The highest BCUT2D eigenvalue weighted by Crippen LogP contribution is 2.43. The number of carboxylic acids is 1. The molecule has 0 spiro atoms. The van der Waals surface area contributed by atoms with Crippen LogP contribution in [0.25, 0.3) is 0 Å². The van der Waals surface area contributed by atoms with E-state index in [2.05, 4.69) is 37.2 Å². The Morgan fingerprint density at radius 1 is 0.366 bits per heavy atom. The highest BCUT2D eigenvalue weighted by atomic mass is 16.5. The van der Waals surface area contributed by atoms with E-state index in [4.69, 9.17) is 18.9 Å². The van der Waals surface area contributed by atoms with Gasteiger partial charge in [0.1, 0.15) is 23.0 Å². The second-order valence-corrected chi connectivity index (χ2v) is 20.4. The van der Waals surface area contributed by atoms with Crippen molar-refractivity contribution in [3.8, 4) is 23.0 Å². The molecule has 7 aromatic rings. The van der Waals surface area contributed by atoms with Gasteiger partial charge in [0, 0.05) is 117 Å². The van der Waals surface area contributed by atoms with Crippen LogP contribution in [0.4, 0.5) is 54.2 Å². The van der Waals surface area contributed by atoms with Crippen LogP contribution in [0.2, 0.25) is 0 Å². The van der Waals surface area contributed by atoms with E-state index in [1.54, 1.807) is 12.1 Å². The predicted octanol–water partition coefficient (Wildman–Crippen LogP) is 14.0. The Morgan fingerprint density at radius 3 is 0.829 bits per heavy atom. The van der Waals surface area contributed by atoms with Crippen LogP contribution in [-0.2, 0) is 35.3 Å². The third kappa shape index (κ3) is 16.1. The Hall–Kier alpha value is -9.51. The molecule has 82 heavy (non-hydrogen) atoms. The zero-order valence-corrected chi connectivity index (χ0v) is 47.4. The van der Waals surface area contributed by atoms with Gasteiger partial charge in [-0.2, -0.15) is 0 Å². The third-order valence-corrected chi connectivity index (χ3v) is 13.2. The van der Waals surface area contributed by atoms with Crippen molar-refractivity contribution in [2.24, 2.45) is 0 Å². The Balaban J connectivity index is 1.40. The number of aryl methyl sites for hydroxylation is 3. The highest BCUT2D eigenvalue weighted by Gasteiger charge is 2.26. The van der Waals surface area contributed by atoms with Crippen molar-refractivity contribution < 1.29 is 48.0 Å². The fourth-order valence-corrected chi connectivity index (χ4v) is 9.66. The minimum Gasteiger partial charge on any atom is -0.493 e. The number of carbonyl (C=O) groups excluding carboxylic acids is 4. The van der Waals surface area contributed by atoms with Gasteiger partial charge in [-0.3, -0.25) is 4.79 Å². The predicted molar refractivity (Wildman–Crippen MR) is 323 cm³/mol. The molecule has 8 rings (SSSR count). The number of fused-ring (bicyclic) bond motifs is 8. The van der Waals surface area contributed by atoms with Gasteiger partial charge >= 0.3 is 24.1 Å². The molecule has 0 fully saturated rings. The molecule has 8 bridgehead atoms. The largest absolute Gasteiger partial charge is 0.493 e. The maximum atomic E-state index is 14.0. The maximum absolute atomic E-state index is 14.0. The molecule has 17 nitrogen and oxygen atoms in total. The van der Waals surface area contributed by atoms with Gasteiger partial charge in [0.05, 0.1) is 19.8 Å². The van der Waals surface area contributed by atoms with Gasteiger partial charge in [0.25, 0.3) is 0 Å². The monoisotopic (exact) mass is 1110 g/mol. The first-order chi connectivity index (χ1) is 39.5. The number of carbonyl (C=O) groups is 5. The maximum Gasteiger partial charge on any atom is 0.341 e. The molecule has 0 saturated carbocycles. The molecule has 0 aromatic heterocycles. The summed E-state index contributed by atoms with van der Waals surface area (Å²) in [6, 6.07) is 35.4. The number of hydrogen-bond donors (Lipinski definition) is 8. The Bertz CT molecular complexity index is 3280. The number of urea groups is 3. The summed E-state index contributed by atoms with van der Waals surface area (Å²) in [4.78, 5) is 67.4. The van der Waals surface area contributed by atoms with E-state index in [-0.39, 0.29) is 37.3 Å². The number of anilines is 7. The zero-order valence-electron chi connectivity index (χ0n) is 47.4. The fraction of sp³-hybridized carbons (Fsp3) is 0.277. The van der Waals surface area contributed by atoms with Gasteiger partial charge in [-0.15, -0.1) is 0 Å². The summed E-state index contributed by atoms with van der Waals surface area (Å²) in [5, 5.41) is 31.2. The van der Waals surface area contributed by atoms with Gasteiger partial charge in [0.15, 0.2) is 6.61 Å². The van der Waals surface area contributed by atoms with E-state index in [9.17, 15) is 29.1 Å². The van der Waals surface area contributed by atoms with E-state index in [1.165, 1.54) is 6.92 Å². The van der Waals surface area contributed by atoms with Crippen molar-refractivity contribution in [3.63, 3.8) is 0 Å². The number of rotatable bonds is 19. The molecule has 0 atom stereocenters. The highest BCUT2D eigenvalue weighted by molar-refractivity contribution is 6.02. The first-order valence-corrected chi connectivity index (χ1v) is 27.6. The van der Waals surface area contributed by atoms with E-state index in [1.807, 2.05) is 151 Å². The van der Waals surface area contributed by atoms with Crippen LogP contribution in [0.1, 0.15) is 108 Å². The van der Waals surface area contributed by atoms with Crippen molar-refractivity contribution in [1.82, 2.24) is 0 Å². The SMILES string of the molecule is CCCOc1c2cc(NC(=O)Nc3ccc(C)cc3)cc1Cc1cc(NC(=O)Nc3ccc(C)cc3)cc(c1OCCC)Cc1cc(NC(C)=O)cc(c1OCC(=O)O)Cc1cc(NC(=O)Nc3ccc(C)cc3)cc(c1OCCC)C2. The smallest absolute Gasteiger partial charge is 0.341 e. The molecule has 7 amide bonds. The van der Waals surface area contributed by atoms with Crippen molar-refractivity contribution in [3.05, 3.63) is 183 Å². The normalized spacial score (nSPS) is 11.5. The lowest BCUT2D eigenvalue weighted by Crippen LogP contribution is -2.20. The van der Waals surface area contributed by atoms with Crippen LogP contribution in [0.5, 0.6) is 23.0 Å². The second-order valence-electron chi connectivity index (χ2n) is 20.4. The molecule has 426 valence electrons. The molecular formula is C65H71N7O10. The molecule has 7 aromatic carbocycles. The summed E-state index contributed by atoms with van der Waals surface area (Å²) in [6.45, 7) is 13.5. The average Bonchev–Trinajstić information content (AvgIpc) is 3.14. The first kappa shape index (κ1) is 58.6. The van der Waals surface area contributed by atoms with Crippen molar-refractivity contribution >= 4 is 69.8 Å². The minimum atomic E-state index is -1.21. The summed E-state index contributed by atoms with van der Waals surface area (Å²) in [5.41, 5.74) is 11.3. The standard InChI is InChI=1S/C65H71N7O10/c1-8-23-79-59-43-26-45-34-56(71-64(77)68-52-19-13-40(5)14-20-52)36-47(60(45)80-24-9-2)28-49-30-54(66-42(7)73)31-50(62(49)82-38-58(74)75)29-48-37-57(72-65(78)69-53-21-15-41(6)16-22-53)35-46(61(48)81-25-10-3)27-44(59)33-55(32-43)70-63(76)67-51-17-11-39(4)12-18-51/h11-22,30-37H,8-10,23-29,38H2,1-7H3,(H,66,73)(H,74,75)(H2,67,70,76)(H2,68,71,77)(H2,69,72,78). The van der Waals surface area contributed by atoms with Crippen molar-refractivity contribution in [2.75, 3.05) is 63.6 Å².